The van der Waals surface area contributed by atoms with Gasteiger partial charge in [-0.05, 0) is 85.6 Å². The van der Waals surface area contributed by atoms with Gasteiger partial charge in [-0.15, -0.1) is 0 Å². The predicted octanol–water partition coefficient (Wildman–Crippen LogP) is 7.05. The number of rotatable bonds is 7. The number of nitrogens with zero attached hydrogens (tertiary/aromatic N) is 3. The lowest BCUT2D eigenvalue weighted by atomic mass is 10.0. The molecule has 39 heavy (non-hydrogen) atoms. The Labute approximate surface area is 225 Å². The average Bonchev–Trinajstić information content (AvgIpc) is 3.72. The van der Waals surface area contributed by atoms with Crippen LogP contribution in [-0.2, 0) is 0 Å². The van der Waals surface area contributed by atoms with E-state index in [-0.39, 0.29) is 5.82 Å². The fraction of sp³-hybridized carbons (Fsp3) is 0.188. The maximum absolute atomic E-state index is 14.7. The van der Waals surface area contributed by atoms with Gasteiger partial charge >= 0.3 is 0 Å². The molecule has 1 fully saturated rings. The summed E-state index contributed by atoms with van der Waals surface area (Å²) in [5.74, 6) is 0.245. The van der Waals surface area contributed by atoms with Crippen LogP contribution in [-0.4, -0.2) is 51.3 Å². The van der Waals surface area contributed by atoms with E-state index in [1.165, 1.54) is 18.9 Å². The van der Waals surface area contributed by atoms with Crippen LogP contribution in [0.4, 0.5) is 4.39 Å². The molecule has 3 aromatic heterocycles. The van der Waals surface area contributed by atoms with Crippen LogP contribution in [0.3, 0.4) is 0 Å². The Bertz CT molecular complexity index is 1770. The number of fused-ring (bicyclic) bond motifs is 2. The molecule has 1 saturated heterocycles. The Morgan fingerprint density at radius 2 is 1.77 bits per heavy atom. The molecule has 194 valence electrons. The molecule has 0 atom stereocenters. The third-order valence-electron chi connectivity index (χ3n) is 7.50. The molecule has 6 aromatic rings. The molecule has 0 amide bonds. The first-order chi connectivity index (χ1) is 19.2. The molecular weight excluding hydrogens is 489 g/mol. The molecule has 6 nitrogen and oxygen atoms in total. The zero-order valence-electron chi connectivity index (χ0n) is 21.5. The van der Waals surface area contributed by atoms with Gasteiger partial charge in [0.1, 0.15) is 23.9 Å². The third-order valence-corrected chi connectivity index (χ3v) is 7.50. The first-order valence-corrected chi connectivity index (χ1v) is 13.4. The molecule has 1 aliphatic heterocycles. The number of hydrogen-bond acceptors (Lipinski definition) is 4. The molecule has 4 heterocycles. The van der Waals surface area contributed by atoms with Crippen molar-refractivity contribution in [2.75, 3.05) is 26.2 Å². The van der Waals surface area contributed by atoms with Crippen LogP contribution in [0, 0.1) is 5.82 Å². The van der Waals surface area contributed by atoms with Crippen molar-refractivity contribution in [1.82, 2.24) is 25.1 Å². The number of hydrogen-bond donors (Lipinski definition) is 2. The minimum atomic E-state index is -0.309. The van der Waals surface area contributed by atoms with E-state index >= 15 is 0 Å². The smallest absolute Gasteiger partial charge is 0.127 e. The second kappa shape index (κ2) is 10.0. The number of ether oxygens (including phenoxy) is 1. The SMILES string of the molecule is Fc1cc(OCCN2CCCC2)cc(-c2cccc3[nH]c(-c4n[nH]c5ccc(-c6ccccn6)cc45)cc23)c1. The maximum Gasteiger partial charge on any atom is 0.127 e. The van der Waals surface area contributed by atoms with Gasteiger partial charge in [0.05, 0.1) is 16.9 Å². The highest BCUT2D eigenvalue weighted by molar-refractivity contribution is 6.01. The van der Waals surface area contributed by atoms with E-state index in [9.17, 15) is 4.39 Å². The molecule has 3 aromatic carbocycles. The lowest BCUT2D eigenvalue weighted by Crippen LogP contribution is -2.25. The summed E-state index contributed by atoms with van der Waals surface area (Å²) in [6.07, 6.45) is 4.28. The molecule has 1 aliphatic rings. The van der Waals surface area contributed by atoms with Gasteiger partial charge in [-0.1, -0.05) is 24.3 Å². The Balaban J connectivity index is 1.23. The largest absolute Gasteiger partial charge is 0.492 e. The van der Waals surface area contributed by atoms with Crippen LogP contribution < -0.4 is 4.74 Å². The molecular formula is C32H28FN5O. The molecule has 7 heteroatoms. The van der Waals surface area contributed by atoms with Crippen molar-refractivity contribution in [2.45, 2.75) is 12.8 Å². The van der Waals surface area contributed by atoms with Gasteiger partial charge in [0.2, 0.25) is 0 Å². The van der Waals surface area contributed by atoms with Crippen LogP contribution in [0.2, 0.25) is 0 Å². The van der Waals surface area contributed by atoms with E-state index in [1.54, 1.807) is 12.3 Å². The summed E-state index contributed by atoms with van der Waals surface area (Å²) in [5, 5.41) is 9.79. The highest BCUT2D eigenvalue weighted by Crippen LogP contribution is 2.36. The van der Waals surface area contributed by atoms with Crippen LogP contribution in [0.1, 0.15) is 12.8 Å². The molecule has 0 aliphatic carbocycles. The van der Waals surface area contributed by atoms with E-state index in [1.807, 2.05) is 54.6 Å². The van der Waals surface area contributed by atoms with Crippen molar-refractivity contribution in [3.63, 3.8) is 0 Å². The van der Waals surface area contributed by atoms with Gasteiger partial charge in [-0.3, -0.25) is 15.0 Å². The topological polar surface area (TPSA) is 69.8 Å². The van der Waals surface area contributed by atoms with Gasteiger partial charge in [0.15, 0.2) is 0 Å². The monoisotopic (exact) mass is 517 g/mol. The van der Waals surface area contributed by atoms with Crippen molar-refractivity contribution in [2.24, 2.45) is 0 Å². The van der Waals surface area contributed by atoms with Crippen LogP contribution >= 0.6 is 0 Å². The molecule has 0 saturated carbocycles. The number of pyridine rings is 1. The molecule has 0 unspecified atom stereocenters. The number of benzene rings is 3. The summed E-state index contributed by atoms with van der Waals surface area (Å²) in [5.41, 5.74) is 7.29. The van der Waals surface area contributed by atoms with Crippen molar-refractivity contribution in [1.29, 1.82) is 0 Å². The normalized spacial score (nSPS) is 14.0. The van der Waals surface area contributed by atoms with Gasteiger partial charge in [0.25, 0.3) is 0 Å². The van der Waals surface area contributed by atoms with Crippen molar-refractivity contribution in [3.8, 4) is 39.5 Å². The second-order valence-electron chi connectivity index (χ2n) is 10.1. The third kappa shape index (κ3) is 4.66. The van der Waals surface area contributed by atoms with Gasteiger partial charge in [0, 0.05) is 40.7 Å². The second-order valence-corrected chi connectivity index (χ2v) is 10.1. The minimum absolute atomic E-state index is 0.309. The summed E-state index contributed by atoms with van der Waals surface area (Å²) < 4.78 is 20.7. The van der Waals surface area contributed by atoms with Crippen LogP contribution in [0.5, 0.6) is 5.75 Å². The summed E-state index contributed by atoms with van der Waals surface area (Å²) in [4.78, 5) is 10.4. The summed E-state index contributed by atoms with van der Waals surface area (Å²) >= 11 is 0. The van der Waals surface area contributed by atoms with Crippen molar-refractivity contribution < 1.29 is 9.13 Å². The van der Waals surface area contributed by atoms with Crippen molar-refractivity contribution >= 4 is 21.8 Å². The average molecular weight is 518 g/mol. The zero-order chi connectivity index (χ0) is 26.2. The van der Waals surface area contributed by atoms with Gasteiger partial charge in [-0.25, -0.2) is 4.39 Å². The first-order valence-electron chi connectivity index (χ1n) is 13.4. The molecule has 0 radical (unpaired) electrons. The first kappa shape index (κ1) is 23.6. The van der Waals surface area contributed by atoms with E-state index in [0.717, 1.165) is 75.2 Å². The summed E-state index contributed by atoms with van der Waals surface area (Å²) in [6, 6.07) is 25.2. The molecule has 7 rings (SSSR count). The molecule has 0 bridgehead atoms. The lowest BCUT2D eigenvalue weighted by Gasteiger charge is -2.15. The zero-order valence-corrected chi connectivity index (χ0v) is 21.5. The maximum atomic E-state index is 14.7. The highest BCUT2D eigenvalue weighted by atomic mass is 19.1. The highest BCUT2D eigenvalue weighted by Gasteiger charge is 2.16. The number of aromatic amines is 2. The van der Waals surface area contributed by atoms with Gasteiger partial charge in [-0.2, -0.15) is 5.10 Å². The Morgan fingerprint density at radius 3 is 2.64 bits per heavy atom. The predicted molar refractivity (Wildman–Crippen MR) is 153 cm³/mol. The number of nitrogens with one attached hydrogen (secondary N) is 2. The van der Waals surface area contributed by atoms with E-state index in [0.29, 0.717) is 12.4 Å². The fourth-order valence-corrected chi connectivity index (χ4v) is 5.55. The Morgan fingerprint density at radius 1 is 0.846 bits per heavy atom. The quantitative estimate of drug-likeness (QED) is 0.238. The summed E-state index contributed by atoms with van der Waals surface area (Å²) in [6.45, 7) is 3.65. The number of H-pyrrole nitrogens is 2. The number of halogens is 1. The fourth-order valence-electron chi connectivity index (χ4n) is 5.55. The van der Waals surface area contributed by atoms with Crippen LogP contribution in [0.25, 0.3) is 55.6 Å². The summed E-state index contributed by atoms with van der Waals surface area (Å²) in [7, 11) is 0. The lowest BCUT2D eigenvalue weighted by molar-refractivity contribution is 0.237. The number of likely N-dealkylation sites (tertiary alicyclic amines) is 1. The standard InChI is InChI=1S/C32H28FN5O/c33-23-16-22(17-24(19-23)39-15-14-38-12-3-4-13-38)25-6-5-8-29-26(25)20-31(35-29)32-27-18-21(9-10-30(27)36-37-32)28-7-1-2-11-34-28/h1-2,5-11,16-20,35H,3-4,12-15H2,(H,36,37). The molecule has 0 spiro atoms. The Hall–Kier alpha value is -4.49. The molecule has 2 N–H and O–H groups in total. The minimum Gasteiger partial charge on any atom is -0.492 e. The van der Waals surface area contributed by atoms with E-state index < -0.39 is 0 Å². The number of aromatic nitrogens is 4. The van der Waals surface area contributed by atoms with Crippen molar-refractivity contribution in [3.05, 3.63) is 90.9 Å². The van der Waals surface area contributed by atoms with E-state index in [4.69, 9.17) is 4.74 Å². The Kier molecular flexibility index (Phi) is 6.06. The van der Waals surface area contributed by atoms with Gasteiger partial charge < -0.3 is 9.72 Å². The van der Waals surface area contributed by atoms with Crippen LogP contribution in [0.15, 0.2) is 85.1 Å². The van der Waals surface area contributed by atoms with E-state index in [2.05, 4.69) is 37.2 Å².